The molecule has 0 aliphatic carbocycles. The monoisotopic (exact) mass is 471 g/mol. The van der Waals surface area contributed by atoms with E-state index >= 15 is 0 Å². The van der Waals surface area contributed by atoms with Gasteiger partial charge in [0, 0.05) is 25.9 Å². The van der Waals surface area contributed by atoms with Crippen LogP contribution in [0.1, 0.15) is 32.3 Å². The lowest BCUT2D eigenvalue weighted by molar-refractivity contribution is -0.189. The molecule has 0 saturated carbocycles. The zero-order valence-corrected chi connectivity index (χ0v) is 20.4. The molecule has 2 fully saturated rings. The number of fused-ring (bicyclic) bond motifs is 1. The van der Waals surface area contributed by atoms with Gasteiger partial charge in [-0.05, 0) is 29.2 Å². The number of carbonyl (C=O) groups excluding carboxylic acids is 3. The fourth-order valence-electron chi connectivity index (χ4n) is 4.81. The number of thioether (sulfide) groups is 1. The van der Waals surface area contributed by atoms with E-state index in [9.17, 15) is 14.4 Å². The minimum atomic E-state index is -0.570. The van der Waals surface area contributed by atoms with Crippen molar-refractivity contribution in [1.82, 2.24) is 25.1 Å². The lowest BCUT2D eigenvalue weighted by Gasteiger charge is -2.55. The van der Waals surface area contributed by atoms with Gasteiger partial charge in [0.2, 0.25) is 11.8 Å². The normalized spacial score (nSPS) is 23.8. The largest absolute Gasteiger partial charge is 0.337 e. The Morgan fingerprint density at radius 3 is 2.64 bits per heavy atom. The van der Waals surface area contributed by atoms with E-state index in [0.29, 0.717) is 19.6 Å². The number of hydrogen-bond acceptors (Lipinski definition) is 5. The van der Waals surface area contributed by atoms with Crippen LogP contribution in [0, 0.1) is 5.92 Å². The van der Waals surface area contributed by atoms with Gasteiger partial charge in [-0.15, -0.1) is 11.8 Å². The summed E-state index contributed by atoms with van der Waals surface area (Å²) < 4.78 is 0. The average molecular weight is 472 g/mol. The highest BCUT2D eigenvalue weighted by Gasteiger charge is 2.51. The summed E-state index contributed by atoms with van der Waals surface area (Å²) in [5, 5.41) is 6.27. The standard InChI is InChI=1S/C24H33N5O3S/c1-17(2)22-23(31)27(12-11-19-10-7-13-33-19)15-20-28(22)21(30)16-26(3)29(20)24(32)25-14-18-8-5-4-6-9-18/h4-6,8-10,17,20,22H,7,11-16H2,1-3H3,(H,25,32)/t20-,22-/m0/s1. The zero-order valence-electron chi connectivity index (χ0n) is 19.6. The van der Waals surface area contributed by atoms with Crippen LogP contribution in [0.15, 0.2) is 41.3 Å². The van der Waals surface area contributed by atoms with Crippen LogP contribution in [0.4, 0.5) is 4.79 Å². The number of allylic oxidation sites excluding steroid dienone is 1. The SMILES string of the molecule is CC(C)[C@H]1C(=O)N(CCC2=CCCS2)C[C@H]2N1C(=O)CN(C)N2C(=O)NCc1ccccc1. The molecule has 4 amide bonds. The van der Waals surface area contributed by atoms with Gasteiger partial charge in [0.25, 0.3) is 0 Å². The number of nitrogens with one attached hydrogen (secondary N) is 1. The number of nitrogens with zero attached hydrogens (tertiary/aromatic N) is 4. The van der Waals surface area contributed by atoms with Gasteiger partial charge in [-0.1, -0.05) is 50.3 Å². The number of hydrazine groups is 1. The molecule has 3 aliphatic heterocycles. The molecule has 3 aliphatic rings. The highest BCUT2D eigenvalue weighted by Crippen LogP contribution is 2.31. The van der Waals surface area contributed by atoms with Gasteiger partial charge in [0.05, 0.1) is 13.1 Å². The molecule has 9 heteroatoms. The number of urea groups is 1. The quantitative estimate of drug-likeness (QED) is 0.690. The van der Waals surface area contributed by atoms with Crippen molar-refractivity contribution in [3.8, 4) is 0 Å². The first kappa shape index (κ1) is 23.6. The molecule has 3 heterocycles. The maximum Gasteiger partial charge on any atom is 0.334 e. The van der Waals surface area contributed by atoms with E-state index in [1.54, 1.807) is 22.0 Å². The van der Waals surface area contributed by atoms with Crippen molar-refractivity contribution in [2.24, 2.45) is 5.92 Å². The molecule has 1 aromatic carbocycles. The Balaban J connectivity index is 1.55. The van der Waals surface area contributed by atoms with E-state index < -0.39 is 12.2 Å². The number of hydrogen-bond donors (Lipinski definition) is 1. The van der Waals surface area contributed by atoms with Crippen molar-refractivity contribution in [2.75, 3.05) is 32.4 Å². The van der Waals surface area contributed by atoms with E-state index in [1.807, 2.05) is 60.8 Å². The molecule has 178 valence electrons. The Morgan fingerprint density at radius 1 is 1.21 bits per heavy atom. The highest BCUT2D eigenvalue weighted by atomic mass is 32.2. The van der Waals surface area contributed by atoms with Crippen molar-refractivity contribution < 1.29 is 14.4 Å². The highest BCUT2D eigenvalue weighted by molar-refractivity contribution is 8.03. The van der Waals surface area contributed by atoms with Gasteiger partial charge in [-0.2, -0.15) is 0 Å². The summed E-state index contributed by atoms with van der Waals surface area (Å²) in [6.07, 6.45) is 3.61. The fourth-order valence-corrected chi connectivity index (χ4v) is 5.77. The first-order chi connectivity index (χ1) is 15.9. The Kier molecular flexibility index (Phi) is 7.29. The third kappa shape index (κ3) is 5.04. The molecule has 1 aromatic rings. The van der Waals surface area contributed by atoms with E-state index in [0.717, 1.165) is 24.2 Å². The molecule has 0 radical (unpaired) electrons. The minimum Gasteiger partial charge on any atom is -0.337 e. The van der Waals surface area contributed by atoms with Gasteiger partial charge in [-0.25, -0.2) is 14.8 Å². The van der Waals surface area contributed by atoms with Crippen LogP contribution in [0.3, 0.4) is 0 Å². The second kappa shape index (κ2) is 10.2. The maximum atomic E-state index is 13.4. The van der Waals surface area contributed by atoms with Crippen LogP contribution < -0.4 is 5.32 Å². The molecule has 2 saturated heterocycles. The number of carbonyl (C=O) groups is 3. The summed E-state index contributed by atoms with van der Waals surface area (Å²) in [5.74, 6) is 0.912. The summed E-state index contributed by atoms with van der Waals surface area (Å²) in [4.78, 5) is 44.6. The molecule has 4 rings (SSSR count). The Bertz CT molecular complexity index is 922. The zero-order chi connectivity index (χ0) is 23.5. The van der Waals surface area contributed by atoms with Gasteiger partial charge in [-0.3, -0.25) is 9.59 Å². The molecular weight excluding hydrogens is 438 g/mol. The average Bonchev–Trinajstić information content (AvgIpc) is 3.31. The number of rotatable bonds is 6. The smallest absolute Gasteiger partial charge is 0.334 e. The summed E-state index contributed by atoms with van der Waals surface area (Å²) in [7, 11) is 1.75. The number of benzene rings is 1. The second-order valence-corrected chi connectivity index (χ2v) is 10.3. The molecule has 0 bridgehead atoms. The third-order valence-electron chi connectivity index (χ3n) is 6.40. The van der Waals surface area contributed by atoms with Crippen LogP contribution in [0.2, 0.25) is 0 Å². The van der Waals surface area contributed by atoms with Crippen LogP contribution >= 0.6 is 11.8 Å². The van der Waals surface area contributed by atoms with E-state index in [4.69, 9.17) is 0 Å². The Labute approximate surface area is 199 Å². The first-order valence-corrected chi connectivity index (χ1v) is 12.6. The lowest BCUT2D eigenvalue weighted by Crippen LogP contribution is -2.76. The summed E-state index contributed by atoms with van der Waals surface area (Å²) in [6.45, 7) is 5.30. The van der Waals surface area contributed by atoms with Gasteiger partial charge >= 0.3 is 6.03 Å². The molecule has 0 spiro atoms. The maximum absolute atomic E-state index is 13.4. The minimum absolute atomic E-state index is 0.0209. The molecule has 0 unspecified atom stereocenters. The molecule has 8 nitrogen and oxygen atoms in total. The number of likely N-dealkylation sites (N-methyl/N-ethyl adjacent to an activating group) is 1. The second-order valence-electron chi connectivity index (χ2n) is 9.12. The van der Waals surface area contributed by atoms with Gasteiger partial charge < -0.3 is 15.1 Å². The fraction of sp³-hybridized carbons (Fsp3) is 0.542. The van der Waals surface area contributed by atoms with Crippen molar-refractivity contribution in [3.05, 3.63) is 46.9 Å². The summed E-state index contributed by atoms with van der Waals surface area (Å²) in [6, 6.07) is 8.89. The van der Waals surface area contributed by atoms with E-state index in [2.05, 4.69) is 11.4 Å². The van der Waals surface area contributed by atoms with E-state index in [-0.39, 0.29) is 30.3 Å². The third-order valence-corrected chi connectivity index (χ3v) is 7.58. The van der Waals surface area contributed by atoms with Crippen molar-refractivity contribution in [1.29, 1.82) is 0 Å². The number of piperazine rings is 1. The predicted octanol–water partition coefficient (Wildman–Crippen LogP) is 2.49. The lowest BCUT2D eigenvalue weighted by atomic mass is 9.96. The van der Waals surface area contributed by atoms with Crippen LogP contribution in [-0.4, -0.2) is 82.3 Å². The topological polar surface area (TPSA) is 76.2 Å². The molecule has 33 heavy (non-hydrogen) atoms. The number of amides is 4. The van der Waals surface area contributed by atoms with Crippen molar-refractivity contribution in [2.45, 2.75) is 45.4 Å². The van der Waals surface area contributed by atoms with Crippen LogP contribution in [0.25, 0.3) is 0 Å². The van der Waals surface area contributed by atoms with Crippen LogP contribution in [0.5, 0.6) is 0 Å². The summed E-state index contributed by atoms with van der Waals surface area (Å²) >= 11 is 1.85. The van der Waals surface area contributed by atoms with E-state index in [1.165, 1.54) is 4.91 Å². The van der Waals surface area contributed by atoms with Gasteiger partial charge in [0.1, 0.15) is 12.2 Å². The molecule has 0 aromatic heterocycles. The molecule has 1 N–H and O–H groups in total. The van der Waals surface area contributed by atoms with Crippen LogP contribution in [-0.2, 0) is 16.1 Å². The molecular formula is C24H33N5O3S. The first-order valence-electron chi connectivity index (χ1n) is 11.6. The molecule has 2 atom stereocenters. The Hall–Kier alpha value is -2.52. The van der Waals surface area contributed by atoms with Gasteiger partial charge in [0.15, 0.2) is 0 Å². The van der Waals surface area contributed by atoms with Crippen molar-refractivity contribution >= 4 is 29.6 Å². The van der Waals surface area contributed by atoms with Crippen molar-refractivity contribution in [3.63, 3.8) is 0 Å². The summed E-state index contributed by atoms with van der Waals surface area (Å²) in [5.41, 5.74) is 1.00. The Morgan fingerprint density at radius 2 is 1.97 bits per heavy atom. The predicted molar refractivity (Wildman–Crippen MR) is 129 cm³/mol.